The molecule has 0 aliphatic carbocycles. The van der Waals surface area contributed by atoms with Crippen molar-refractivity contribution in [3.8, 4) is 0 Å². The largest absolute Gasteiger partial charge is 0.438 e. The third-order valence-electron chi connectivity index (χ3n) is 3.87. The molecule has 2 amide bonds. The lowest BCUT2D eigenvalue weighted by molar-refractivity contribution is -0.137. The average molecular weight is 292 g/mol. The van der Waals surface area contributed by atoms with Gasteiger partial charge < -0.3 is 15.2 Å². The first-order valence-electron chi connectivity index (χ1n) is 6.73. The van der Waals surface area contributed by atoms with Gasteiger partial charge in [0.2, 0.25) is 5.91 Å². The van der Waals surface area contributed by atoms with Gasteiger partial charge in [-0.25, -0.2) is 4.79 Å². The van der Waals surface area contributed by atoms with Crippen LogP contribution in [0.4, 0.5) is 10.5 Å². The molecule has 2 N–H and O–H groups in total. The minimum atomic E-state index is -1.55. The summed E-state index contributed by atoms with van der Waals surface area (Å²) in [4.78, 5) is 24.9. The molecule has 1 unspecified atom stereocenters. The maximum atomic E-state index is 12.0. The molecule has 0 spiro atoms. The molecule has 0 bridgehead atoms. The van der Waals surface area contributed by atoms with Crippen molar-refractivity contribution in [2.75, 3.05) is 11.9 Å². The molecule has 21 heavy (non-hydrogen) atoms. The van der Waals surface area contributed by atoms with Crippen LogP contribution in [0, 0.1) is 6.92 Å². The number of aliphatic hydroxyl groups is 1. The van der Waals surface area contributed by atoms with Crippen LogP contribution < -0.4 is 5.32 Å². The van der Waals surface area contributed by atoms with E-state index in [9.17, 15) is 14.7 Å². The molecule has 1 aliphatic rings. The first-order valence-corrected chi connectivity index (χ1v) is 6.73. The maximum absolute atomic E-state index is 12.0. The summed E-state index contributed by atoms with van der Waals surface area (Å²) in [7, 11) is 0. The van der Waals surface area contributed by atoms with Crippen LogP contribution in [0.1, 0.15) is 26.3 Å². The molecule has 1 saturated heterocycles. The smallest absolute Gasteiger partial charge is 0.413 e. The molecule has 1 fully saturated rings. The Morgan fingerprint density at radius 3 is 2.33 bits per heavy atom. The van der Waals surface area contributed by atoms with E-state index >= 15 is 0 Å². The summed E-state index contributed by atoms with van der Waals surface area (Å²) >= 11 is 0. The topological polar surface area (TPSA) is 78.9 Å². The number of benzene rings is 1. The number of carbonyl (C=O) groups is 2. The highest BCUT2D eigenvalue weighted by molar-refractivity contribution is 5.94. The summed E-state index contributed by atoms with van der Waals surface area (Å²) in [6.07, 6.45) is -0.705. The Hall–Kier alpha value is -2.08. The molecule has 0 aromatic heterocycles. The third kappa shape index (κ3) is 2.85. The SMILES string of the molecule is Cc1ccc(NC(=O)CN2C(=O)OC(C)(C)C2(C)O)cc1. The number of cyclic esters (lactones) is 1. The van der Waals surface area contributed by atoms with Gasteiger partial charge in [-0.3, -0.25) is 9.69 Å². The van der Waals surface area contributed by atoms with Crippen LogP contribution in [-0.2, 0) is 9.53 Å². The zero-order valence-electron chi connectivity index (χ0n) is 12.6. The summed E-state index contributed by atoms with van der Waals surface area (Å²) in [6.45, 7) is 6.33. The van der Waals surface area contributed by atoms with Crippen molar-refractivity contribution in [1.82, 2.24) is 4.90 Å². The molecule has 1 atom stereocenters. The Morgan fingerprint density at radius 2 is 1.86 bits per heavy atom. The van der Waals surface area contributed by atoms with E-state index in [2.05, 4.69) is 5.32 Å². The van der Waals surface area contributed by atoms with E-state index in [-0.39, 0.29) is 6.54 Å². The summed E-state index contributed by atoms with van der Waals surface area (Å²) < 4.78 is 5.10. The second kappa shape index (κ2) is 5.04. The van der Waals surface area contributed by atoms with Crippen molar-refractivity contribution < 1.29 is 19.4 Å². The lowest BCUT2D eigenvalue weighted by atomic mass is 9.96. The van der Waals surface area contributed by atoms with Crippen molar-refractivity contribution in [3.63, 3.8) is 0 Å². The minimum absolute atomic E-state index is 0.275. The van der Waals surface area contributed by atoms with Gasteiger partial charge in [0.15, 0.2) is 11.3 Å². The van der Waals surface area contributed by atoms with Crippen LogP contribution in [0.25, 0.3) is 0 Å². The van der Waals surface area contributed by atoms with Crippen LogP contribution >= 0.6 is 0 Å². The van der Waals surface area contributed by atoms with E-state index in [1.54, 1.807) is 26.0 Å². The first kappa shape index (κ1) is 15.3. The van der Waals surface area contributed by atoms with Gasteiger partial charge in [0.25, 0.3) is 0 Å². The molecule has 1 aromatic rings. The van der Waals surface area contributed by atoms with Gasteiger partial charge in [-0.05, 0) is 39.8 Å². The number of nitrogens with one attached hydrogen (secondary N) is 1. The highest BCUT2D eigenvalue weighted by Gasteiger charge is 2.56. The fourth-order valence-electron chi connectivity index (χ4n) is 2.07. The zero-order chi connectivity index (χ0) is 15.8. The molecular formula is C15H20N2O4. The van der Waals surface area contributed by atoms with Gasteiger partial charge in [-0.2, -0.15) is 0 Å². The predicted molar refractivity (Wildman–Crippen MR) is 77.7 cm³/mol. The molecule has 114 valence electrons. The lowest BCUT2D eigenvalue weighted by Gasteiger charge is -2.34. The summed E-state index contributed by atoms with van der Waals surface area (Å²) in [5.41, 5.74) is -0.902. The Labute approximate surface area is 123 Å². The number of hydrogen-bond acceptors (Lipinski definition) is 4. The normalized spacial score (nSPS) is 23.9. The summed E-state index contributed by atoms with van der Waals surface area (Å²) in [5, 5.41) is 13.1. The van der Waals surface area contributed by atoms with E-state index in [0.29, 0.717) is 5.69 Å². The van der Waals surface area contributed by atoms with Crippen molar-refractivity contribution in [2.24, 2.45) is 0 Å². The summed E-state index contributed by atoms with van der Waals surface area (Å²) in [5.74, 6) is -0.395. The monoisotopic (exact) mass is 292 g/mol. The molecule has 1 aromatic carbocycles. The Bertz CT molecular complexity index is 564. The Kier molecular flexibility index (Phi) is 3.67. The van der Waals surface area contributed by atoms with Crippen molar-refractivity contribution in [2.45, 2.75) is 39.0 Å². The van der Waals surface area contributed by atoms with Crippen molar-refractivity contribution in [1.29, 1.82) is 0 Å². The number of rotatable bonds is 3. The molecule has 1 heterocycles. The fraction of sp³-hybridized carbons (Fsp3) is 0.467. The van der Waals surface area contributed by atoms with Crippen LogP contribution in [0.3, 0.4) is 0 Å². The quantitative estimate of drug-likeness (QED) is 0.891. The number of aryl methyl sites for hydroxylation is 1. The molecule has 2 rings (SSSR count). The molecule has 0 radical (unpaired) electrons. The van der Waals surface area contributed by atoms with Crippen LogP contribution in [0.15, 0.2) is 24.3 Å². The van der Waals surface area contributed by atoms with Crippen LogP contribution in [0.5, 0.6) is 0 Å². The van der Waals surface area contributed by atoms with Gasteiger partial charge in [0.05, 0.1) is 0 Å². The van der Waals surface area contributed by atoms with Crippen molar-refractivity contribution >= 4 is 17.7 Å². The van der Waals surface area contributed by atoms with Gasteiger partial charge >= 0.3 is 6.09 Å². The molecular weight excluding hydrogens is 272 g/mol. The van der Waals surface area contributed by atoms with E-state index in [0.717, 1.165) is 10.5 Å². The molecule has 6 heteroatoms. The molecule has 1 aliphatic heterocycles. The predicted octanol–water partition coefficient (Wildman–Crippen LogP) is 1.87. The number of ether oxygens (including phenoxy) is 1. The lowest BCUT2D eigenvalue weighted by Crippen LogP contribution is -2.55. The highest BCUT2D eigenvalue weighted by atomic mass is 16.6. The number of amides is 2. The van der Waals surface area contributed by atoms with Crippen molar-refractivity contribution in [3.05, 3.63) is 29.8 Å². The molecule has 0 saturated carbocycles. The maximum Gasteiger partial charge on any atom is 0.413 e. The van der Waals surface area contributed by atoms with Gasteiger partial charge in [-0.15, -0.1) is 0 Å². The standard InChI is InChI=1S/C15H20N2O4/c1-10-5-7-11(8-6-10)16-12(18)9-17-13(19)21-14(2,3)15(17,4)20/h5-8,20H,9H2,1-4H3,(H,16,18). The number of hydrogen-bond donors (Lipinski definition) is 2. The second-order valence-corrected chi connectivity index (χ2v) is 5.90. The Morgan fingerprint density at radius 1 is 1.29 bits per heavy atom. The summed E-state index contributed by atoms with van der Waals surface area (Å²) in [6, 6.07) is 7.30. The number of anilines is 1. The van der Waals surface area contributed by atoms with Gasteiger partial charge in [0, 0.05) is 5.69 Å². The zero-order valence-corrected chi connectivity index (χ0v) is 12.6. The third-order valence-corrected chi connectivity index (χ3v) is 3.87. The van der Waals surface area contributed by atoms with Crippen LogP contribution in [0.2, 0.25) is 0 Å². The van der Waals surface area contributed by atoms with Gasteiger partial charge in [-0.1, -0.05) is 17.7 Å². The fourth-order valence-corrected chi connectivity index (χ4v) is 2.07. The molecule has 6 nitrogen and oxygen atoms in total. The first-order chi connectivity index (χ1) is 9.63. The minimum Gasteiger partial charge on any atom is -0.438 e. The Balaban J connectivity index is 2.06. The van der Waals surface area contributed by atoms with E-state index in [4.69, 9.17) is 4.74 Å². The van der Waals surface area contributed by atoms with E-state index in [1.807, 2.05) is 19.1 Å². The number of nitrogens with zero attached hydrogens (tertiary/aromatic N) is 1. The van der Waals surface area contributed by atoms with Gasteiger partial charge in [0.1, 0.15) is 6.54 Å². The highest BCUT2D eigenvalue weighted by Crippen LogP contribution is 2.36. The number of carbonyl (C=O) groups excluding carboxylic acids is 2. The van der Waals surface area contributed by atoms with E-state index < -0.39 is 23.3 Å². The van der Waals surface area contributed by atoms with E-state index in [1.165, 1.54) is 6.92 Å². The van der Waals surface area contributed by atoms with Crippen LogP contribution in [-0.4, -0.2) is 39.9 Å². The second-order valence-electron chi connectivity index (χ2n) is 5.90. The average Bonchev–Trinajstić information content (AvgIpc) is 2.51.